The third-order valence-electron chi connectivity index (χ3n) is 5.46. The maximum Gasteiger partial charge on any atom is 0.357 e. The van der Waals surface area contributed by atoms with Crippen LogP contribution >= 0.6 is 57.9 Å². The van der Waals surface area contributed by atoms with E-state index in [-0.39, 0.29) is 10.9 Å². The average Bonchev–Trinajstić information content (AvgIpc) is 3.45. The van der Waals surface area contributed by atoms with Crippen molar-refractivity contribution < 1.29 is 19.0 Å². The number of thiazole rings is 1. The first-order chi connectivity index (χ1) is 18.6. The number of ether oxygens (including phenoxy) is 3. The van der Waals surface area contributed by atoms with Crippen molar-refractivity contribution in [3.63, 3.8) is 0 Å². The number of aromatic nitrogens is 3. The molecule has 0 spiro atoms. The lowest BCUT2D eigenvalue weighted by Crippen LogP contribution is -2.11. The summed E-state index contributed by atoms with van der Waals surface area (Å²) in [4.78, 5) is 18.1. The second kappa shape index (κ2) is 12.9. The van der Waals surface area contributed by atoms with Crippen molar-refractivity contribution in [2.24, 2.45) is 0 Å². The Labute approximate surface area is 250 Å². The Bertz CT molecular complexity index is 1500. The summed E-state index contributed by atoms with van der Waals surface area (Å²) in [6.07, 6.45) is 0. The molecule has 39 heavy (non-hydrogen) atoms. The van der Waals surface area contributed by atoms with Crippen molar-refractivity contribution in [3.05, 3.63) is 62.9 Å². The zero-order valence-corrected chi connectivity index (χ0v) is 25.8. The molecule has 0 aliphatic carbocycles. The number of hydrogen-bond donors (Lipinski definition) is 0. The Hall–Kier alpha value is -2.27. The van der Waals surface area contributed by atoms with Gasteiger partial charge in [-0.25, -0.2) is 9.78 Å². The molecule has 4 rings (SSSR count). The van der Waals surface area contributed by atoms with E-state index in [1.807, 2.05) is 19.1 Å². The highest BCUT2D eigenvalue weighted by Gasteiger charge is 2.28. The van der Waals surface area contributed by atoms with Gasteiger partial charge in [-0.3, -0.25) is 0 Å². The number of esters is 1. The Morgan fingerprint density at radius 3 is 2.49 bits per heavy atom. The number of rotatable bonds is 10. The van der Waals surface area contributed by atoms with Gasteiger partial charge in [0.25, 0.3) is 0 Å². The number of aryl methyl sites for hydroxylation is 1. The van der Waals surface area contributed by atoms with Crippen molar-refractivity contribution in [2.45, 2.75) is 30.2 Å². The third kappa shape index (κ3) is 6.73. The van der Waals surface area contributed by atoms with Crippen molar-refractivity contribution in [1.29, 1.82) is 0 Å². The Morgan fingerprint density at radius 2 is 1.82 bits per heavy atom. The highest BCUT2D eigenvalue weighted by molar-refractivity contribution is 8.01. The highest BCUT2D eigenvalue weighted by Crippen LogP contribution is 2.42. The van der Waals surface area contributed by atoms with E-state index in [0.29, 0.717) is 56.0 Å². The molecule has 0 saturated heterocycles. The lowest BCUT2D eigenvalue weighted by molar-refractivity contribution is 0.0591. The molecule has 12 heteroatoms. The maximum absolute atomic E-state index is 13.2. The zero-order chi connectivity index (χ0) is 28.3. The predicted octanol–water partition coefficient (Wildman–Crippen LogP) is 8.24. The van der Waals surface area contributed by atoms with Crippen molar-refractivity contribution >= 4 is 63.9 Å². The van der Waals surface area contributed by atoms with Gasteiger partial charge in [0.15, 0.2) is 5.69 Å². The van der Waals surface area contributed by atoms with Crippen LogP contribution in [0, 0.1) is 6.92 Å². The van der Waals surface area contributed by atoms with Crippen LogP contribution in [0.2, 0.25) is 15.1 Å². The summed E-state index contributed by atoms with van der Waals surface area (Å²) >= 11 is 22.0. The van der Waals surface area contributed by atoms with E-state index < -0.39 is 5.97 Å². The van der Waals surface area contributed by atoms with Crippen LogP contribution in [-0.2, 0) is 9.47 Å². The van der Waals surface area contributed by atoms with Gasteiger partial charge in [0.05, 0.1) is 39.4 Å². The van der Waals surface area contributed by atoms with Gasteiger partial charge in [-0.05, 0) is 42.8 Å². The number of carbonyl (C=O) groups excluding carboxylic acids is 1. The summed E-state index contributed by atoms with van der Waals surface area (Å²) < 4.78 is 18.5. The molecule has 0 atom stereocenters. The van der Waals surface area contributed by atoms with E-state index in [9.17, 15) is 4.79 Å². The summed E-state index contributed by atoms with van der Waals surface area (Å²) in [6.45, 7) is 6.80. The van der Waals surface area contributed by atoms with E-state index in [1.165, 1.54) is 23.1 Å². The van der Waals surface area contributed by atoms with E-state index in [1.54, 1.807) is 43.1 Å². The summed E-state index contributed by atoms with van der Waals surface area (Å²) in [5.74, 6) is -0.0129. The van der Waals surface area contributed by atoms with Crippen LogP contribution in [0.15, 0.2) is 40.6 Å². The van der Waals surface area contributed by atoms with Crippen LogP contribution in [0.5, 0.6) is 5.75 Å². The molecule has 7 nitrogen and oxygen atoms in total. The van der Waals surface area contributed by atoms with Crippen molar-refractivity contribution in [3.8, 4) is 33.3 Å². The number of hydrogen-bond acceptors (Lipinski definition) is 8. The molecule has 0 aliphatic rings. The Kier molecular flexibility index (Phi) is 9.85. The van der Waals surface area contributed by atoms with Gasteiger partial charge in [-0.1, -0.05) is 66.1 Å². The molecule has 2 heterocycles. The fourth-order valence-electron chi connectivity index (χ4n) is 3.84. The molecule has 0 fully saturated rings. The first-order valence-electron chi connectivity index (χ1n) is 11.9. The van der Waals surface area contributed by atoms with E-state index in [4.69, 9.17) is 59.1 Å². The predicted molar refractivity (Wildman–Crippen MR) is 160 cm³/mol. The molecule has 0 saturated carbocycles. The van der Waals surface area contributed by atoms with Gasteiger partial charge >= 0.3 is 5.97 Å². The highest BCUT2D eigenvalue weighted by atomic mass is 35.5. The van der Waals surface area contributed by atoms with Gasteiger partial charge in [0.1, 0.15) is 12.4 Å². The van der Waals surface area contributed by atoms with Gasteiger partial charge in [-0.2, -0.15) is 9.78 Å². The molecule has 0 bridgehead atoms. The number of methoxy groups -OCH3 is 2. The van der Waals surface area contributed by atoms with Crippen LogP contribution in [0.4, 0.5) is 0 Å². The molecule has 0 radical (unpaired) electrons. The molecule has 0 aliphatic heterocycles. The van der Waals surface area contributed by atoms with Crippen molar-refractivity contribution in [2.75, 3.05) is 27.4 Å². The number of carbonyl (C=O) groups is 1. The van der Waals surface area contributed by atoms with Crippen molar-refractivity contribution in [1.82, 2.24) is 14.8 Å². The zero-order valence-electron chi connectivity index (χ0n) is 21.9. The smallest absolute Gasteiger partial charge is 0.357 e. The third-order valence-corrected chi connectivity index (χ3v) is 8.66. The second-order valence-electron chi connectivity index (χ2n) is 8.66. The molecule has 0 N–H and O–H groups in total. The second-order valence-corrected chi connectivity index (χ2v) is 12.7. The van der Waals surface area contributed by atoms with E-state index in [0.717, 1.165) is 15.5 Å². The van der Waals surface area contributed by atoms with Crippen LogP contribution < -0.4 is 4.74 Å². The summed E-state index contributed by atoms with van der Waals surface area (Å²) in [5, 5.41) is 6.86. The average molecular weight is 627 g/mol. The van der Waals surface area contributed by atoms with Gasteiger partial charge in [0.2, 0.25) is 5.13 Å². The minimum Gasteiger partial charge on any atom is -0.491 e. The van der Waals surface area contributed by atoms with Gasteiger partial charge in [-0.15, -0.1) is 11.8 Å². The number of nitrogens with zero attached hydrogens (tertiary/aromatic N) is 3. The fraction of sp³-hybridized carbons (Fsp3) is 0.296. The maximum atomic E-state index is 13.2. The SMILES string of the molecule is COCCOc1cc(Cl)cc(-c2c(C)nn(-c3nc(-c4ccc(Cl)c(Cl)c4)c(SC(C)C)s3)c2C(=O)OC)c1. The Morgan fingerprint density at radius 1 is 1.05 bits per heavy atom. The molecule has 206 valence electrons. The quantitative estimate of drug-likeness (QED) is 0.0997. The number of thioether (sulfide) groups is 1. The standard InChI is InChI=1S/C27H26Cl3N3O4S2/c1-14(2)38-26-23(16-6-7-20(29)21(30)12-16)31-27(39-26)33-24(25(34)36-5)22(15(3)32-33)17-10-18(28)13-19(11-17)37-9-8-35-4/h6-7,10-14H,8-9H2,1-5H3. The normalized spacial score (nSPS) is 11.3. The first-order valence-corrected chi connectivity index (χ1v) is 14.7. The summed E-state index contributed by atoms with van der Waals surface area (Å²) in [5.41, 5.74) is 3.61. The monoisotopic (exact) mass is 625 g/mol. The summed E-state index contributed by atoms with van der Waals surface area (Å²) in [7, 11) is 2.93. The molecule has 4 aromatic rings. The number of halogens is 3. The van der Waals surface area contributed by atoms with Gasteiger partial charge in [0, 0.05) is 28.5 Å². The van der Waals surface area contributed by atoms with Crippen LogP contribution in [0.3, 0.4) is 0 Å². The molecular weight excluding hydrogens is 601 g/mol. The first kappa shape index (κ1) is 29.7. The minimum absolute atomic E-state index is 0.232. The molecule has 2 aromatic heterocycles. The molecular formula is C27H26Cl3N3O4S2. The minimum atomic E-state index is -0.559. The molecule has 2 aromatic carbocycles. The summed E-state index contributed by atoms with van der Waals surface area (Å²) in [6, 6.07) is 10.7. The van der Waals surface area contributed by atoms with Crippen LogP contribution in [-0.4, -0.2) is 53.4 Å². The Balaban J connectivity index is 1.88. The van der Waals surface area contributed by atoms with Crippen LogP contribution in [0.25, 0.3) is 27.5 Å². The largest absolute Gasteiger partial charge is 0.491 e. The molecule has 0 unspecified atom stereocenters. The lowest BCUT2D eigenvalue weighted by atomic mass is 10.0. The number of benzene rings is 2. The van der Waals surface area contributed by atoms with E-state index in [2.05, 4.69) is 13.8 Å². The topological polar surface area (TPSA) is 75.5 Å². The lowest BCUT2D eigenvalue weighted by Gasteiger charge is -2.10. The van der Waals surface area contributed by atoms with E-state index >= 15 is 0 Å². The van der Waals surface area contributed by atoms with Gasteiger partial charge < -0.3 is 14.2 Å². The molecule has 0 amide bonds. The fourth-order valence-corrected chi connectivity index (χ4v) is 6.84. The van der Waals surface area contributed by atoms with Crippen LogP contribution in [0.1, 0.15) is 30.0 Å².